The molecule has 0 radical (unpaired) electrons. The molecule has 0 aliphatic carbocycles. The number of rotatable bonds is 7. The summed E-state index contributed by atoms with van der Waals surface area (Å²) in [4.78, 5) is 27.9. The van der Waals surface area contributed by atoms with Crippen LogP contribution in [0.5, 0.6) is 5.75 Å². The molecule has 158 valence electrons. The number of fused-ring (bicyclic) bond motifs is 1. The number of carbonyl (C=O) groups is 2. The molecule has 0 unspecified atom stereocenters. The van der Waals surface area contributed by atoms with Crippen molar-refractivity contribution < 1.29 is 19.4 Å². The first kappa shape index (κ1) is 20.7. The van der Waals surface area contributed by atoms with Crippen LogP contribution in [-0.2, 0) is 6.61 Å². The van der Waals surface area contributed by atoms with E-state index in [1.54, 1.807) is 48.7 Å². The molecule has 1 heterocycles. The number of benzene rings is 3. The monoisotopic (exact) mass is 425 g/mol. The van der Waals surface area contributed by atoms with E-state index in [-0.39, 0.29) is 5.56 Å². The molecule has 1 amide bonds. The summed E-state index contributed by atoms with van der Waals surface area (Å²) in [6.45, 7) is 0.335. The fourth-order valence-corrected chi connectivity index (χ4v) is 3.14. The van der Waals surface area contributed by atoms with Gasteiger partial charge in [0.05, 0.1) is 11.8 Å². The number of nitrogens with zero attached hydrogens (tertiary/aromatic N) is 2. The second-order valence-electron chi connectivity index (χ2n) is 6.91. The number of hydrogen-bond donors (Lipinski definition) is 2. The maximum Gasteiger partial charge on any atom is 0.336 e. The second-order valence-corrected chi connectivity index (χ2v) is 6.91. The zero-order valence-corrected chi connectivity index (χ0v) is 16.9. The van der Waals surface area contributed by atoms with Crippen LogP contribution in [0, 0.1) is 0 Å². The van der Waals surface area contributed by atoms with Gasteiger partial charge in [-0.1, -0.05) is 48.5 Å². The Bertz CT molecular complexity index is 1290. The van der Waals surface area contributed by atoms with Gasteiger partial charge in [0.1, 0.15) is 17.9 Å². The van der Waals surface area contributed by atoms with Gasteiger partial charge in [0.2, 0.25) is 0 Å². The van der Waals surface area contributed by atoms with E-state index in [0.29, 0.717) is 23.5 Å². The summed E-state index contributed by atoms with van der Waals surface area (Å²) < 4.78 is 5.92. The Kier molecular flexibility index (Phi) is 6.17. The van der Waals surface area contributed by atoms with Gasteiger partial charge in [-0.2, -0.15) is 5.10 Å². The Morgan fingerprint density at radius 3 is 2.56 bits per heavy atom. The van der Waals surface area contributed by atoms with E-state index in [9.17, 15) is 14.7 Å². The number of carboxylic acids is 1. The molecule has 0 saturated heterocycles. The van der Waals surface area contributed by atoms with E-state index in [2.05, 4.69) is 15.5 Å². The number of aromatic nitrogens is 1. The van der Waals surface area contributed by atoms with Gasteiger partial charge >= 0.3 is 5.97 Å². The van der Waals surface area contributed by atoms with Crippen LogP contribution < -0.4 is 10.2 Å². The van der Waals surface area contributed by atoms with E-state index in [4.69, 9.17) is 4.74 Å². The minimum atomic E-state index is -1.06. The highest BCUT2D eigenvalue weighted by Crippen LogP contribution is 2.23. The molecule has 7 nitrogen and oxygen atoms in total. The molecule has 2 N–H and O–H groups in total. The number of carbonyl (C=O) groups excluding carboxylic acids is 1. The lowest BCUT2D eigenvalue weighted by Crippen LogP contribution is -2.17. The minimum Gasteiger partial charge on any atom is -0.487 e. The number of hydrazone groups is 1. The first-order valence-corrected chi connectivity index (χ1v) is 9.83. The molecule has 4 rings (SSSR count). The Morgan fingerprint density at radius 1 is 0.969 bits per heavy atom. The molecule has 0 spiro atoms. The van der Waals surface area contributed by atoms with Gasteiger partial charge in [-0.3, -0.25) is 9.78 Å². The largest absolute Gasteiger partial charge is 0.487 e. The molecule has 0 fully saturated rings. The van der Waals surface area contributed by atoms with Crippen molar-refractivity contribution in [3.8, 4) is 5.75 Å². The lowest BCUT2D eigenvalue weighted by Gasteiger charge is -2.09. The average Bonchev–Trinajstić information content (AvgIpc) is 2.83. The van der Waals surface area contributed by atoms with Crippen LogP contribution >= 0.6 is 0 Å². The predicted molar refractivity (Wildman–Crippen MR) is 121 cm³/mol. The predicted octanol–water partition coefficient (Wildman–Crippen LogP) is 4.28. The Hall–Kier alpha value is -4.52. The van der Waals surface area contributed by atoms with Crippen LogP contribution in [0.2, 0.25) is 0 Å². The summed E-state index contributed by atoms with van der Waals surface area (Å²) in [6.07, 6.45) is 3.03. The first-order valence-electron chi connectivity index (χ1n) is 9.83. The van der Waals surface area contributed by atoms with Crippen molar-refractivity contribution in [3.63, 3.8) is 0 Å². The number of pyridine rings is 1. The molecular weight excluding hydrogens is 406 g/mol. The zero-order valence-electron chi connectivity index (χ0n) is 16.9. The lowest BCUT2D eigenvalue weighted by molar-refractivity contribution is 0.0696. The normalized spacial score (nSPS) is 10.9. The number of aromatic carboxylic acids is 1. The molecule has 0 aliphatic rings. The smallest absolute Gasteiger partial charge is 0.336 e. The molecule has 3 aromatic carbocycles. The standard InChI is InChI=1S/C25H19N3O4/c29-24(28-27-15-20-5-1-2-8-21(20)25(30)31)19-12-10-17(11-13-19)16-32-22-9-3-6-18-7-4-14-26-23(18)22/h1-15H,16H2,(H,28,29)(H,30,31)/b27-15-. The number of hydrogen-bond acceptors (Lipinski definition) is 5. The van der Waals surface area contributed by atoms with Crippen molar-refractivity contribution in [3.05, 3.63) is 107 Å². The highest BCUT2D eigenvalue weighted by atomic mass is 16.5. The summed E-state index contributed by atoms with van der Waals surface area (Å²) in [6, 6.07) is 23.0. The molecule has 0 aliphatic heterocycles. The van der Waals surface area contributed by atoms with E-state index in [1.165, 1.54) is 12.3 Å². The summed E-state index contributed by atoms with van der Waals surface area (Å²) in [7, 11) is 0. The highest BCUT2D eigenvalue weighted by Gasteiger charge is 2.08. The molecular formula is C25H19N3O4. The third kappa shape index (κ3) is 4.79. The fourth-order valence-electron chi connectivity index (χ4n) is 3.14. The SMILES string of the molecule is O=C(N/N=C\c1ccccc1C(=O)O)c1ccc(COc2cccc3cccnc23)cc1. The molecule has 7 heteroatoms. The molecule has 0 atom stereocenters. The van der Waals surface area contributed by atoms with Gasteiger partial charge in [0, 0.05) is 22.7 Å². The fraction of sp³-hybridized carbons (Fsp3) is 0.0400. The number of nitrogens with one attached hydrogen (secondary N) is 1. The molecule has 32 heavy (non-hydrogen) atoms. The number of ether oxygens (including phenoxy) is 1. The number of carboxylic acid groups (broad SMARTS) is 1. The van der Waals surface area contributed by atoms with Crippen molar-refractivity contribution in [1.82, 2.24) is 10.4 Å². The topological polar surface area (TPSA) is 101 Å². The summed E-state index contributed by atoms with van der Waals surface area (Å²) in [5.41, 5.74) is 5.03. The van der Waals surface area contributed by atoms with Crippen LogP contribution in [0.3, 0.4) is 0 Å². The molecule has 0 bridgehead atoms. The minimum absolute atomic E-state index is 0.108. The van der Waals surface area contributed by atoms with Gasteiger partial charge in [-0.25, -0.2) is 10.2 Å². The van der Waals surface area contributed by atoms with Gasteiger partial charge in [-0.05, 0) is 35.9 Å². The third-order valence-corrected chi connectivity index (χ3v) is 4.77. The van der Waals surface area contributed by atoms with Gasteiger partial charge in [0.15, 0.2) is 0 Å². The van der Waals surface area contributed by atoms with Crippen molar-refractivity contribution >= 4 is 29.0 Å². The van der Waals surface area contributed by atoms with E-state index in [0.717, 1.165) is 16.5 Å². The average molecular weight is 425 g/mol. The Balaban J connectivity index is 1.37. The Labute approximate surface area is 184 Å². The van der Waals surface area contributed by atoms with Crippen molar-refractivity contribution in [2.45, 2.75) is 6.61 Å². The lowest BCUT2D eigenvalue weighted by atomic mass is 10.1. The maximum absolute atomic E-state index is 12.3. The van der Waals surface area contributed by atoms with Gasteiger partial charge in [0.25, 0.3) is 5.91 Å². The molecule has 1 aromatic heterocycles. The van der Waals surface area contributed by atoms with Crippen LogP contribution in [0.15, 0.2) is 90.2 Å². The first-order chi connectivity index (χ1) is 15.6. The summed E-state index contributed by atoms with van der Waals surface area (Å²) in [5, 5.41) is 14.1. The second kappa shape index (κ2) is 9.53. The van der Waals surface area contributed by atoms with Crippen molar-refractivity contribution in [2.75, 3.05) is 0 Å². The summed E-state index contributed by atoms with van der Waals surface area (Å²) in [5.74, 6) is -0.767. The Morgan fingerprint density at radius 2 is 1.75 bits per heavy atom. The van der Waals surface area contributed by atoms with Crippen molar-refractivity contribution in [1.29, 1.82) is 0 Å². The number of amides is 1. The van der Waals surface area contributed by atoms with Crippen LogP contribution in [-0.4, -0.2) is 28.2 Å². The molecule has 4 aromatic rings. The van der Waals surface area contributed by atoms with E-state index < -0.39 is 11.9 Å². The zero-order chi connectivity index (χ0) is 22.3. The van der Waals surface area contributed by atoms with Crippen LogP contribution in [0.4, 0.5) is 0 Å². The summed E-state index contributed by atoms with van der Waals surface area (Å²) >= 11 is 0. The highest BCUT2D eigenvalue weighted by molar-refractivity contribution is 5.99. The van der Waals surface area contributed by atoms with Crippen LogP contribution in [0.25, 0.3) is 10.9 Å². The number of para-hydroxylation sites is 1. The maximum atomic E-state index is 12.3. The molecule has 0 saturated carbocycles. The van der Waals surface area contributed by atoms with Crippen LogP contribution in [0.1, 0.15) is 31.8 Å². The van der Waals surface area contributed by atoms with E-state index >= 15 is 0 Å². The third-order valence-electron chi connectivity index (χ3n) is 4.77. The van der Waals surface area contributed by atoms with E-state index in [1.807, 2.05) is 30.3 Å². The van der Waals surface area contributed by atoms with Gasteiger partial charge < -0.3 is 9.84 Å². The quantitative estimate of drug-likeness (QED) is 0.340. The van der Waals surface area contributed by atoms with Crippen molar-refractivity contribution in [2.24, 2.45) is 5.10 Å². The van der Waals surface area contributed by atoms with Gasteiger partial charge in [-0.15, -0.1) is 0 Å².